The molecule has 21 heavy (non-hydrogen) atoms. The van der Waals surface area contributed by atoms with E-state index in [1.165, 1.54) is 6.92 Å². The van der Waals surface area contributed by atoms with Gasteiger partial charge >= 0.3 is 5.97 Å². The topological polar surface area (TPSA) is 58.8 Å². The fourth-order valence-corrected chi connectivity index (χ4v) is 3.24. The number of nitrogens with zero attached hydrogens (tertiary/aromatic N) is 1. The lowest BCUT2D eigenvalue weighted by Crippen LogP contribution is -2.18. The van der Waals surface area contributed by atoms with Gasteiger partial charge in [0.25, 0.3) is 0 Å². The molecule has 0 aliphatic rings. The molecule has 0 fully saturated rings. The lowest BCUT2D eigenvalue weighted by Gasteiger charge is -2.07. The highest BCUT2D eigenvalue weighted by molar-refractivity contribution is 7.16. The first-order chi connectivity index (χ1) is 9.82. The monoisotopic (exact) mass is 313 g/mol. The molecule has 0 atom stereocenters. The Kier molecular flexibility index (Phi) is 2.80. The summed E-state index contributed by atoms with van der Waals surface area (Å²) < 4.78 is 41.6. The predicted octanol–water partition coefficient (Wildman–Crippen LogP) is 2.94. The van der Waals surface area contributed by atoms with E-state index < -0.39 is 33.7 Å². The molecule has 0 amide bonds. The number of carboxylic acids is 1. The van der Waals surface area contributed by atoms with Crippen LogP contribution in [0.4, 0.5) is 13.2 Å². The summed E-state index contributed by atoms with van der Waals surface area (Å²) >= 11 is 0.472. The van der Waals surface area contributed by atoms with E-state index in [9.17, 15) is 22.8 Å². The zero-order valence-corrected chi connectivity index (χ0v) is 11.2. The van der Waals surface area contributed by atoms with Gasteiger partial charge < -0.3 is 9.51 Å². The van der Waals surface area contributed by atoms with Crippen LogP contribution < -0.4 is 5.43 Å². The van der Waals surface area contributed by atoms with Crippen molar-refractivity contribution in [2.24, 2.45) is 0 Å². The minimum absolute atomic E-state index is 0.0218. The van der Waals surface area contributed by atoms with Crippen molar-refractivity contribution in [2.45, 2.75) is 6.92 Å². The van der Waals surface area contributed by atoms with Crippen LogP contribution in [0, 0.1) is 23.7 Å². The second kappa shape index (κ2) is 4.32. The second-order valence-corrected chi connectivity index (χ2v) is 5.34. The van der Waals surface area contributed by atoms with Gasteiger partial charge in [-0.25, -0.2) is 13.6 Å². The van der Waals surface area contributed by atoms with Crippen LogP contribution in [-0.4, -0.2) is 15.5 Å². The molecule has 2 aromatic heterocycles. The van der Waals surface area contributed by atoms with E-state index in [0.717, 1.165) is 10.5 Å². The van der Waals surface area contributed by atoms with Crippen LogP contribution in [0.2, 0.25) is 0 Å². The number of benzene rings is 1. The number of rotatable bonds is 1. The molecule has 2 heterocycles. The Balaban J connectivity index is 2.74. The van der Waals surface area contributed by atoms with E-state index in [4.69, 9.17) is 5.11 Å². The summed E-state index contributed by atoms with van der Waals surface area (Å²) in [6.07, 6.45) is 0. The van der Waals surface area contributed by atoms with Crippen molar-refractivity contribution in [1.29, 1.82) is 0 Å². The van der Waals surface area contributed by atoms with Gasteiger partial charge in [0, 0.05) is 6.07 Å². The highest BCUT2D eigenvalue weighted by atomic mass is 32.1. The molecule has 0 spiro atoms. The molecule has 1 N–H and O–H groups in total. The number of carbonyl (C=O) groups is 1. The predicted molar refractivity (Wildman–Crippen MR) is 70.6 cm³/mol. The van der Waals surface area contributed by atoms with Gasteiger partial charge in [0.1, 0.15) is 10.4 Å². The van der Waals surface area contributed by atoms with Crippen molar-refractivity contribution in [1.82, 2.24) is 4.40 Å². The molecular formula is C13H6F3NO3S. The van der Waals surface area contributed by atoms with Crippen LogP contribution in [0.25, 0.3) is 15.7 Å². The first-order valence-corrected chi connectivity index (χ1v) is 6.50. The van der Waals surface area contributed by atoms with Crippen molar-refractivity contribution < 1.29 is 23.1 Å². The molecule has 0 aliphatic carbocycles. The third-order valence-electron chi connectivity index (χ3n) is 3.19. The number of thiazole rings is 1. The zero-order chi connectivity index (χ0) is 15.5. The second-order valence-electron chi connectivity index (χ2n) is 4.39. The van der Waals surface area contributed by atoms with Crippen molar-refractivity contribution in [3.8, 4) is 0 Å². The first kappa shape index (κ1) is 13.6. The molecule has 0 radical (unpaired) electrons. The van der Waals surface area contributed by atoms with E-state index in [2.05, 4.69) is 0 Å². The average molecular weight is 313 g/mol. The molecule has 8 heteroatoms. The van der Waals surface area contributed by atoms with E-state index in [0.29, 0.717) is 17.4 Å². The average Bonchev–Trinajstić information content (AvgIpc) is 2.68. The largest absolute Gasteiger partial charge is 0.477 e. The van der Waals surface area contributed by atoms with Crippen LogP contribution in [0.15, 0.2) is 16.9 Å². The van der Waals surface area contributed by atoms with Gasteiger partial charge in [-0.15, -0.1) is 0 Å². The van der Waals surface area contributed by atoms with Crippen LogP contribution in [0.5, 0.6) is 0 Å². The number of hydrogen-bond acceptors (Lipinski definition) is 3. The fraction of sp³-hybridized carbons (Fsp3) is 0.0769. The van der Waals surface area contributed by atoms with Crippen LogP contribution in [-0.2, 0) is 0 Å². The molecule has 0 saturated heterocycles. The Bertz CT molecular complexity index is 990. The van der Waals surface area contributed by atoms with Crippen LogP contribution >= 0.6 is 11.3 Å². The number of hydrogen-bond donors (Lipinski definition) is 1. The van der Waals surface area contributed by atoms with E-state index in [-0.39, 0.29) is 21.4 Å². The van der Waals surface area contributed by atoms with Gasteiger partial charge in [-0.3, -0.25) is 4.79 Å². The van der Waals surface area contributed by atoms with Crippen molar-refractivity contribution in [3.05, 3.63) is 50.4 Å². The lowest BCUT2D eigenvalue weighted by molar-refractivity contribution is 0.0697. The van der Waals surface area contributed by atoms with Crippen molar-refractivity contribution >= 4 is 33.0 Å². The molecule has 1 aromatic carbocycles. The third-order valence-corrected chi connectivity index (χ3v) is 4.24. The zero-order valence-electron chi connectivity index (χ0n) is 10.4. The number of carboxylic acid groups (broad SMARTS) is 1. The highest BCUT2D eigenvalue weighted by Crippen LogP contribution is 2.28. The molecule has 0 aliphatic heterocycles. The Morgan fingerprint density at radius 1 is 1.24 bits per heavy atom. The Hall–Kier alpha value is -2.35. The smallest absolute Gasteiger partial charge is 0.342 e. The van der Waals surface area contributed by atoms with Crippen LogP contribution in [0.1, 0.15) is 16.1 Å². The minimum Gasteiger partial charge on any atom is -0.477 e. The maximum absolute atomic E-state index is 13.8. The molecule has 108 valence electrons. The number of aryl methyl sites for hydroxylation is 1. The molecular weight excluding hydrogens is 307 g/mol. The van der Waals surface area contributed by atoms with Gasteiger partial charge in [-0.1, -0.05) is 11.3 Å². The van der Waals surface area contributed by atoms with E-state index in [1.807, 2.05) is 0 Å². The molecule has 3 rings (SSSR count). The summed E-state index contributed by atoms with van der Waals surface area (Å²) in [6, 6.07) is 1.38. The number of pyridine rings is 1. The normalized spacial score (nSPS) is 11.4. The van der Waals surface area contributed by atoms with Gasteiger partial charge in [0.15, 0.2) is 16.8 Å². The summed E-state index contributed by atoms with van der Waals surface area (Å²) in [4.78, 5) is 23.3. The summed E-state index contributed by atoms with van der Waals surface area (Å²) in [5, 5.41) is 8.14. The first-order valence-electron chi connectivity index (χ1n) is 5.68. The molecule has 0 saturated carbocycles. The summed E-state index contributed by atoms with van der Waals surface area (Å²) in [7, 11) is 0. The number of halogens is 3. The Morgan fingerprint density at radius 2 is 1.86 bits per heavy atom. The number of aromatic nitrogens is 1. The minimum atomic E-state index is -1.55. The highest BCUT2D eigenvalue weighted by Gasteiger charge is 2.23. The van der Waals surface area contributed by atoms with Gasteiger partial charge in [0.2, 0.25) is 5.43 Å². The van der Waals surface area contributed by atoms with E-state index >= 15 is 0 Å². The summed E-state index contributed by atoms with van der Waals surface area (Å²) in [5.74, 6) is -4.03. The van der Waals surface area contributed by atoms with Crippen molar-refractivity contribution in [2.75, 3.05) is 0 Å². The summed E-state index contributed by atoms with van der Waals surface area (Å²) in [6.45, 7) is 1.36. The van der Waals surface area contributed by atoms with Gasteiger partial charge in [0.05, 0.1) is 16.6 Å². The van der Waals surface area contributed by atoms with E-state index in [1.54, 1.807) is 0 Å². The SMILES string of the molecule is Cc1c(F)sc2c(C(=O)O)c(=O)c3cc(F)c(F)cc3n12. The number of aromatic carboxylic acids is 1. The molecule has 0 unspecified atom stereocenters. The third kappa shape index (κ3) is 1.75. The summed E-state index contributed by atoms with van der Waals surface area (Å²) in [5.41, 5.74) is -1.69. The maximum atomic E-state index is 13.8. The Morgan fingerprint density at radius 3 is 2.48 bits per heavy atom. The quantitative estimate of drug-likeness (QED) is 0.751. The lowest BCUT2D eigenvalue weighted by atomic mass is 10.1. The van der Waals surface area contributed by atoms with Gasteiger partial charge in [-0.2, -0.15) is 4.39 Å². The molecule has 0 bridgehead atoms. The van der Waals surface area contributed by atoms with Gasteiger partial charge in [-0.05, 0) is 13.0 Å². The Labute approximate surface area is 118 Å². The number of fused-ring (bicyclic) bond motifs is 3. The van der Waals surface area contributed by atoms with Crippen molar-refractivity contribution in [3.63, 3.8) is 0 Å². The fourth-order valence-electron chi connectivity index (χ4n) is 2.22. The molecule has 4 nitrogen and oxygen atoms in total. The molecule has 3 aromatic rings. The maximum Gasteiger partial charge on any atom is 0.342 e. The standard InChI is InChI=1S/C13H6F3NO3S/c1-4-11(16)21-12-9(13(19)20)10(18)5-2-6(14)7(15)3-8(5)17(4)12/h2-3H,1H3,(H,19,20). The van der Waals surface area contributed by atoms with Crippen LogP contribution in [0.3, 0.4) is 0 Å².